The van der Waals surface area contributed by atoms with Crippen LogP contribution in [-0.4, -0.2) is 5.91 Å². The summed E-state index contributed by atoms with van der Waals surface area (Å²) in [7, 11) is 0. The number of anilines is 1. The van der Waals surface area contributed by atoms with Crippen molar-refractivity contribution in [3.63, 3.8) is 0 Å². The highest BCUT2D eigenvalue weighted by molar-refractivity contribution is 6.37. The number of carbonyl (C=O) groups excluding carboxylic acids is 1. The fraction of sp³-hybridized carbons (Fsp3) is 0.0435. The van der Waals surface area contributed by atoms with Crippen LogP contribution in [0.5, 0.6) is 5.75 Å². The third-order valence-corrected chi connectivity index (χ3v) is 4.62. The highest BCUT2D eigenvalue weighted by Crippen LogP contribution is 2.35. The van der Waals surface area contributed by atoms with Crippen molar-refractivity contribution >= 4 is 40.9 Å². The SMILES string of the molecule is N#C/C(=C/c1cc(Cl)c(OCc2ccccc2F)c(Cl)c1)C(=O)Nc1ccccc1. The normalized spacial score (nSPS) is 10.9. The van der Waals surface area contributed by atoms with Gasteiger partial charge in [0.25, 0.3) is 5.91 Å². The van der Waals surface area contributed by atoms with E-state index in [0.29, 0.717) is 16.8 Å². The van der Waals surface area contributed by atoms with E-state index in [9.17, 15) is 14.4 Å². The Balaban J connectivity index is 1.78. The lowest BCUT2D eigenvalue weighted by Crippen LogP contribution is -2.13. The molecule has 3 aromatic rings. The van der Waals surface area contributed by atoms with Crippen LogP contribution in [0, 0.1) is 17.1 Å². The molecule has 0 aliphatic rings. The van der Waals surface area contributed by atoms with Crippen molar-refractivity contribution in [2.24, 2.45) is 0 Å². The molecule has 30 heavy (non-hydrogen) atoms. The molecule has 1 N–H and O–H groups in total. The summed E-state index contributed by atoms with van der Waals surface area (Å²) < 4.78 is 19.3. The van der Waals surface area contributed by atoms with Crippen molar-refractivity contribution in [1.29, 1.82) is 5.26 Å². The molecule has 0 spiro atoms. The zero-order valence-corrected chi connectivity index (χ0v) is 17.0. The minimum atomic E-state index is -0.559. The van der Waals surface area contributed by atoms with E-state index in [-0.39, 0.29) is 28.0 Å². The summed E-state index contributed by atoms with van der Waals surface area (Å²) in [6.07, 6.45) is 1.37. The smallest absolute Gasteiger partial charge is 0.266 e. The van der Waals surface area contributed by atoms with Crippen molar-refractivity contribution in [2.75, 3.05) is 5.32 Å². The van der Waals surface area contributed by atoms with Crippen LogP contribution in [0.25, 0.3) is 6.08 Å². The van der Waals surface area contributed by atoms with E-state index < -0.39 is 11.7 Å². The van der Waals surface area contributed by atoms with Crippen molar-refractivity contribution in [1.82, 2.24) is 0 Å². The second-order valence-electron chi connectivity index (χ2n) is 6.18. The zero-order chi connectivity index (χ0) is 21.5. The van der Waals surface area contributed by atoms with E-state index in [4.69, 9.17) is 27.9 Å². The molecule has 7 heteroatoms. The summed E-state index contributed by atoms with van der Waals surface area (Å²) in [5.41, 5.74) is 1.25. The van der Waals surface area contributed by atoms with Gasteiger partial charge in [-0.3, -0.25) is 4.79 Å². The van der Waals surface area contributed by atoms with E-state index in [1.807, 2.05) is 12.1 Å². The molecule has 150 valence electrons. The second-order valence-corrected chi connectivity index (χ2v) is 7.00. The predicted octanol–water partition coefficient (Wildman–Crippen LogP) is 6.26. The lowest BCUT2D eigenvalue weighted by Gasteiger charge is -2.11. The minimum Gasteiger partial charge on any atom is -0.486 e. The van der Waals surface area contributed by atoms with Crippen molar-refractivity contribution in [3.8, 4) is 11.8 Å². The van der Waals surface area contributed by atoms with E-state index in [2.05, 4.69) is 5.32 Å². The molecule has 0 aliphatic heterocycles. The van der Waals surface area contributed by atoms with Gasteiger partial charge in [-0.15, -0.1) is 0 Å². The van der Waals surface area contributed by atoms with Gasteiger partial charge >= 0.3 is 0 Å². The Morgan fingerprint density at radius 2 is 1.70 bits per heavy atom. The van der Waals surface area contributed by atoms with Gasteiger partial charge in [0.05, 0.1) is 10.0 Å². The van der Waals surface area contributed by atoms with Crippen LogP contribution in [0.15, 0.2) is 72.3 Å². The van der Waals surface area contributed by atoms with E-state index in [1.54, 1.807) is 42.5 Å². The first kappa shape index (κ1) is 21.4. The number of nitrogens with one attached hydrogen (secondary N) is 1. The average Bonchev–Trinajstić information content (AvgIpc) is 2.73. The molecule has 0 aliphatic carbocycles. The first-order chi connectivity index (χ1) is 14.5. The van der Waals surface area contributed by atoms with Crippen LogP contribution in [0.4, 0.5) is 10.1 Å². The maximum absolute atomic E-state index is 13.7. The van der Waals surface area contributed by atoms with Crippen LogP contribution in [0.2, 0.25) is 10.0 Å². The molecule has 0 bridgehead atoms. The average molecular weight is 441 g/mol. The van der Waals surface area contributed by atoms with Crippen LogP contribution >= 0.6 is 23.2 Å². The van der Waals surface area contributed by atoms with Crippen LogP contribution in [-0.2, 0) is 11.4 Å². The Kier molecular flexibility index (Phi) is 7.08. The van der Waals surface area contributed by atoms with Gasteiger partial charge in [-0.05, 0) is 42.0 Å². The zero-order valence-electron chi connectivity index (χ0n) is 15.5. The van der Waals surface area contributed by atoms with Gasteiger partial charge in [0.15, 0.2) is 5.75 Å². The van der Waals surface area contributed by atoms with E-state index >= 15 is 0 Å². The maximum Gasteiger partial charge on any atom is 0.266 e. The molecule has 0 fully saturated rings. The van der Waals surface area contributed by atoms with E-state index in [0.717, 1.165) is 0 Å². The molecule has 0 saturated carbocycles. The first-order valence-electron chi connectivity index (χ1n) is 8.81. The lowest BCUT2D eigenvalue weighted by molar-refractivity contribution is -0.112. The Labute approximate surface area is 183 Å². The molecule has 1 amide bonds. The monoisotopic (exact) mass is 440 g/mol. The van der Waals surface area contributed by atoms with Crippen molar-refractivity contribution < 1.29 is 13.9 Å². The molecule has 0 radical (unpaired) electrons. The fourth-order valence-corrected chi connectivity index (χ4v) is 3.21. The van der Waals surface area contributed by atoms with Gasteiger partial charge < -0.3 is 10.1 Å². The van der Waals surface area contributed by atoms with Crippen LogP contribution in [0.3, 0.4) is 0 Å². The Morgan fingerprint density at radius 1 is 1.07 bits per heavy atom. The van der Waals surface area contributed by atoms with Crippen molar-refractivity contribution in [3.05, 3.63) is 99.3 Å². The fourth-order valence-electron chi connectivity index (χ4n) is 2.60. The van der Waals surface area contributed by atoms with Gasteiger partial charge in [0, 0.05) is 11.3 Å². The number of hydrogen-bond acceptors (Lipinski definition) is 3. The molecule has 4 nitrogen and oxygen atoms in total. The molecule has 0 heterocycles. The number of carbonyl (C=O) groups is 1. The number of ether oxygens (including phenoxy) is 1. The topological polar surface area (TPSA) is 62.1 Å². The van der Waals surface area contributed by atoms with E-state index in [1.165, 1.54) is 24.3 Å². The lowest BCUT2D eigenvalue weighted by atomic mass is 10.1. The molecule has 3 rings (SSSR count). The van der Waals surface area contributed by atoms with Gasteiger partial charge in [-0.25, -0.2) is 4.39 Å². The van der Waals surface area contributed by atoms with Crippen LogP contribution < -0.4 is 10.1 Å². The number of rotatable bonds is 6. The van der Waals surface area contributed by atoms with Crippen LogP contribution in [0.1, 0.15) is 11.1 Å². The third kappa shape index (κ3) is 5.38. The summed E-state index contributed by atoms with van der Waals surface area (Å²) in [6, 6.07) is 19.9. The van der Waals surface area contributed by atoms with Crippen molar-refractivity contribution in [2.45, 2.75) is 6.61 Å². The Hall–Kier alpha value is -3.33. The summed E-state index contributed by atoms with van der Waals surface area (Å²) in [6.45, 7) is -0.0514. The minimum absolute atomic E-state index is 0.0514. The maximum atomic E-state index is 13.7. The van der Waals surface area contributed by atoms with Gasteiger partial charge in [-0.1, -0.05) is 59.6 Å². The number of hydrogen-bond donors (Lipinski definition) is 1. The van der Waals surface area contributed by atoms with Gasteiger partial charge in [0.1, 0.15) is 24.1 Å². The molecule has 0 saturated heterocycles. The predicted molar refractivity (Wildman–Crippen MR) is 116 cm³/mol. The quantitative estimate of drug-likeness (QED) is 0.363. The number of nitrogens with zero attached hydrogens (tertiary/aromatic N) is 1. The molecular weight excluding hydrogens is 426 g/mol. The Morgan fingerprint density at radius 3 is 2.33 bits per heavy atom. The second kappa shape index (κ2) is 9.93. The molecule has 3 aromatic carbocycles. The first-order valence-corrected chi connectivity index (χ1v) is 9.57. The Bertz CT molecular complexity index is 1120. The van der Waals surface area contributed by atoms with Gasteiger partial charge in [-0.2, -0.15) is 5.26 Å². The van der Waals surface area contributed by atoms with Gasteiger partial charge in [0.2, 0.25) is 0 Å². The number of para-hydroxylation sites is 1. The highest BCUT2D eigenvalue weighted by atomic mass is 35.5. The molecule has 0 atom stereocenters. The standard InChI is InChI=1S/C23H15Cl2FN2O2/c24-19-11-15(10-17(13-27)23(29)28-18-7-2-1-3-8-18)12-20(25)22(19)30-14-16-6-4-5-9-21(16)26/h1-12H,14H2,(H,28,29)/b17-10-. The molecular formula is C23H15Cl2FN2O2. The summed E-state index contributed by atoms with van der Waals surface area (Å²) in [5.74, 6) is -0.769. The number of benzene rings is 3. The highest BCUT2D eigenvalue weighted by Gasteiger charge is 2.14. The number of amides is 1. The summed E-state index contributed by atoms with van der Waals surface area (Å²) >= 11 is 12.5. The molecule has 0 unspecified atom stereocenters. The third-order valence-electron chi connectivity index (χ3n) is 4.06. The number of halogens is 3. The summed E-state index contributed by atoms with van der Waals surface area (Å²) in [4.78, 5) is 12.3. The molecule has 0 aromatic heterocycles. The number of nitriles is 1. The summed E-state index contributed by atoms with van der Waals surface area (Å²) in [5, 5.41) is 12.3. The largest absolute Gasteiger partial charge is 0.486 e.